The zero-order chi connectivity index (χ0) is 44.0. The smallest absolute Gasteiger partial charge is 0.160 e. The van der Waals surface area contributed by atoms with Gasteiger partial charge in [0, 0.05) is 22.1 Å². The van der Waals surface area contributed by atoms with Gasteiger partial charge in [-0.05, 0) is 120 Å². The largest absolute Gasteiger partial charge is 0.228 e. The predicted molar refractivity (Wildman–Crippen MR) is 275 cm³/mol. The molecule has 2 heteroatoms. The van der Waals surface area contributed by atoms with Gasteiger partial charge in [0.15, 0.2) is 5.82 Å². The number of rotatable bonds is 8. The lowest BCUT2D eigenvalue weighted by Gasteiger charge is -2.28. The van der Waals surface area contributed by atoms with Crippen molar-refractivity contribution in [2.45, 2.75) is 12.3 Å². The van der Waals surface area contributed by atoms with Crippen LogP contribution in [0, 0.1) is 0 Å². The fourth-order valence-corrected chi connectivity index (χ4v) is 10.3. The first-order valence-electron chi connectivity index (χ1n) is 22.7. The standard InChI is InChI=1S/C64H44N2/c1-64(50-26-12-5-13-27-50)59-33-19-18-31-55(59)56-35-34-46(41-60(56)64)48-38-47(43-20-6-2-7-21-43)39-49(40-48)52-36-37-58(54-30-16-15-29-53(52)54)62-42-61(65-63(66-62)45-24-10-4-11-25-45)57-32-17-14-28-51(57)44-22-8-3-9-23-44/h2-42H,1H3. The van der Waals surface area contributed by atoms with Crippen molar-refractivity contribution in [1.82, 2.24) is 9.97 Å². The summed E-state index contributed by atoms with van der Waals surface area (Å²) in [6.45, 7) is 2.39. The van der Waals surface area contributed by atoms with Crippen molar-refractivity contribution in [1.29, 1.82) is 0 Å². The van der Waals surface area contributed by atoms with Crippen LogP contribution in [0.2, 0.25) is 0 Å². The topological polar surface area (TPSA) is 25.8 Å². The van der Waals surface area contributed by atoms with Crippen molar-refractivity contribution in [2.24, 2.45) is 0 Å². The van der Waals surface area contributed by atoms with Gasteiger partial charge in [-0.1, -0.05) is 218 Å². The van der Waals surface area contributed by atoms with Gasteiger partial charge in [-0.15, -0.1) is 0 Å². The average Bonchev–Trinajstić information content (AvgIpc) is 3.66. The Morgan fingerprint density at radius 2 is 0.742 bits per heavy atom. The summed E-state index contributed by atoms with van der Waals surface area (Å²) in [6.07, 6.45) is 0. The Bertz CT molecular complexity index is 3580. The minimum absolute atomic E-state index is 0.292. The summed E-state index contributed by atoms with van der Waals surface area (Å²) in [5, 5.41) is 2.30. The van der Waals surface area contributed by atoms with E-state index in [9.17, 15) is 0 Å². The maximum Gasteiger partial charge on any atom is 0.160 e. The van der Waals surface area contributed by atoms with Gasteiger partial charge >= 0.3 is 0 Å². The number of benzene rings is 10. The molecule has 12 rings (SSSR count). The molecule has 0 spiro atoms. The van der Waals surface area contributed by atoms with Gasteiger partial charge in [0.1, 0.15) is 0 Å². The molecule has 2 nitrogen and oxygen atoms in total. The first-order valence-corrected chi connectivity index (χ1v) is 22.7. The van der Waals surface area contributed by atoms with E-state index >= 15 is 0 Å². The second-order valence-electron chi connectivity index (χ2n) is 17.4. The van der Waals surface area contributed by atoms with E-state index in [0.29, 0.717) is 5.82 Å². The number of nitrogens with zero attached hydrogens (tertiary/aromatic N) is 2. The van der Waals surface area contributed by atoms with Gasteiger partial charge in [0.05, 0.1) is 11.4 Å². The molecule has 11 aromatic rings. The first kappa shape index (κ1) is 39.2. The third-order valence-electron chi connectivity index (χ3n) is 13.6. The zero-order valence-corrected chi connectivity index (χ0v) is 36.6. The highest BCUT2D eigenvalue weighted by atomic mass is 14.9. The van der Waals surface area contributed by atoms with Crippen molar-refractivity contribution in [3.63, 3.8) is 0 Å². The number of fused-ring (bicyclic) bond motifs is 4. The maximum atomic E-state index is 5.33. The van der Waals surface area contributed by atoms with Gasteiger partial charge in [0.2, 0.25) is 0 Å². The molecule has 1 aliphatic carbocycles. The Labute approximate surface area is 386 Å². The third kappa shape index (κ3) is 6.74. The third-order valence-corrected chi connectivity index (χ3v) is 13.6. The normalized spacial score (nSPS) is 13.9. The molecule has 1 atom stereocenters. The molecule has 310 valence electrons. The van der Waals surface area contributed by atoms with Gasteiger partial charge < -0.3 is 0 Å². The first-order chi connectivity index (χ1) is 32.6. The van der Waals surface area contributed by atoms with Crippen LogP contribution in [0.1, 0.15) is 23.6 Å². The van der Waals surface area contributed by atoms with Gasteiger partial charge in [-0.25, -0.2) is 9.97 Å². The quantitative estimate of drug-likeness (QED) is 0.152. The van der Waals surface area contributed by atoms with Crippen LogP contribution in [0.3, 0.4) is 0 Å². The van der Waals surface area contributed by atoms with Crippen molar-refractivity contribution in [2.75, 3.05) is 0 Å². The second-order valence-corrected chi connectivity index (χ2v) is 17.4. The van der Waals surface area contributed by atoms with E-state index < -0.39 is 0 Å². The molecule has 66 heavy (non-hydrogen) atoms. The van der Waals surface area contributed by atoms with E-state index in [2.05, 4.69) is 250 Å². The summed E-state index contributed by atoms with van der Waals surface area (Å²) in [5.41, 5.74) is 20.5. The van der Waals surface area contributed by atoms with Crippen LogP contribution in [0.15, 0.2) is 249 Å². The number of hydrogen-bond donors (Lipinski definition) is 0. The Balaban J connectivity index is 1.03. The SMILES string of the molecule is CC1(c2ccccc2)c2ccccc2-c2ccc(-c3cc(-c4ccccc4)cc(-c4ccc(-c5cc(-c6ccccc6-c6ccccc6)nc(-c6ccccc6)n5)c5ccccc45)c3)cc21. The lowest BCUT2D eigenvalue weighted by atomic mass is 9.74. The highest BCUT2D eigenvalue weighted by molar-refractivity contribution is 6.06. The minimum atomic E-state index is -0.292. The van der Waals surface area contributed by atoms with Crippen LogP contribution in [-0.4, -0.2) is 9.97 Å². The number of aromatic nitrogens is 2. The summed E-state index contributed by atoms with van der Waals surface area (Å²) < 4.78 is 0. The minimum Gasteiger partial charge on any atom is -0.228 e. The lowest BCUT2D eigenvalue weighted by Crippen LogP contribution is -2.22. The van der Waals surface area contributed by atoms with E-state index in [1.165, 1.54) is 61.0 Å². The van der Waals surface area contributed by atoms with Crippen molar-refractivity contribution in [3.8, 4) is 89.5 Å². The fraction of sp³-hybridized carbons (Fsp3) is 0.0312. The van der Waals surface area contributed by atoms with Crippen LogP contribution in [0.4, 0.5) is 0 Å². The molecule has 0 radical (unpaired) electrons. The Kier molecular flexibility index (Phi) is 9.65. The Morgan fingerprint density at radius 3 is 1.44 bits per heavy atom. The molecule has 0 fully saturated rings. The average molecular weight is 841 g/mol. The Hall–Kier alpha value is -8.46. The van der Waals surface area contributed by atoms with Gasteiger partial charge in [0.25, 0.3) is 0 Å². The highest BCUT2D eigenvalue weighted by Gasteiger charge is 2.40. The van der Waals surface area contributed by atoms with E-state index in [-0.39, 0.29) is 5.41 Å². The van der Waals surface area contributed by atoms with Gasteiger partial charge in [-0.2, -0.15) is 0 Å². The zero-order valence-electron chi connectivity index (χ0n) is 36.6. The number of hydrogen-bond acceptors (Lipinski definition) is 2. The van der Waals surface area contributed by atoms with Crippen molar-refractivity contribution < 1.29 is 0 Å². The van der Waals surface area contributed by atoms with Crippen LogP contribution in [0.25, 0.3) is 100 Å². The molecule has 1 aromatic heterocycles. The maximum absolute atomic E-state index is 5.33. The fourth-order valence-electron chi connectivity index (χ4n) is 10.3. The molecule has 10 aromatic carbocycles. The molecule has 1 heterocycles. The molecule has 0 N–H and O–H groups in total. The van der Waals surface area contributed by atoms with E-state index in [1.807, 2.05) is 6.07 Å². The van der Waals surface area contributed by atoms with Crippen LogP contribution >= 0.6 is 0 Å². The van der Waals surface area contributed by atoms with E-state index in [4.69, 9.17) is 9.97 Å². The second kappa shape index (κ2) is 16.3. The molecule has 0 bridgehead atoms. The molecule has 0 amide bonds. The van der Waals surface area contributed by atoms with Crippen molar-refractivity contribution >= 4 is 10.8 Å². The van der Waals surface area contributed by atoms with Crippen LogP contribution < -0.4 is 0 Å². The molecule has 0 saturated carbocycles. The van der Waals surface area contributed by atoms with Crippen LogP contribution in [0.5, 0.6) is 0 Å². The van der Waals surface area contributed by atoms with E-state index in [1.54, 1.807) is 0 Å². The van der Waals surface area contributed by atoms with Crippen molar-refractivity contribution in [3.05, 3.63) is 265 Å². The summed E-state index contributed by atoms with van der Waals surface area (Å²) in [5.74, 6) is 0.695. The molecule has 1 aliphatic rings. The lowest BCUT2D eigenvalue weighted by molar-refractivity contribution is 0.714. The predicted octanol–water partition coefficient (Wildman–Crippen LogP) is 16.6. The van der Waals surface area contributed by atoms with Gasteiger partial charge in [-0.3, -0.25) is 0 Å². The van der Waals surface area contributed by atoms with Crippen LogP contribution in [-0.2, 0) is 5.41 Å². The molecular formula is C64H44N2. The highest BCUT2D eigenvalue weighted by Crippen LogP contribution is 2.53. The summed E-state index contributed by atoms with van der Waals surface area (Å²) in [7, 11) is 0. The van der Waals surface area contributed by atoms with E-state index in [0.717, 1.165) is 50.2 Å². The molecule has 0 aliphatic heterocycles. The molecular weight excluding hydrogens is 797 g/mol. The monoisotopic (exact) mass is 840 g/mol. The summed E-state index contributed by atoms with van der Waals surface area (Å²) in [6, 6.07) is 89.8. The molecule has 1 unspecified atom stereocenters. The molecule has 0 saturated heterocycles. The Morgan fingerprint density at radius 1 is 0.273 bits per heavy atom. The summed E-state index contributed by atoms with van der Waals surface area (Å²) in [4.78, 5) is 10.6. The summed E-state index contributed by atoms with van der Waals surface area (Å²) >= 11 is 0.